The van der Waals surface area contributed by atoms with E-state index >= 15 is 0 Å². The lowest BCUT2D eigenvalue weighted by atomic mass is 9.89. The van der Waals surface area contributed by atoms with Gasteiger partial charge >= 0.3 is 6.09 Å². The number of thiazole rings is 1. The average molecular weight is 401 g/mol. The molecule has 1 atom stereocenters. The van der Waals surface area contributed by atoms with Crippen molar-refractivity contribution >= 4 is 23.3 Å². The van der Waals surface area contributed by atoms with E-state index in [0.717, 1.165) is 29.1 Å². The van der Waals surface area contributed by atoms with Gasteiger partial charge in [0.2, 0.25) is 5.91 Å². The van der Waals surface area contributed by atoms with Gasteiger partial charge < -0.3 is 14.5 Å². The summed E-state index contributed by atoms with van der Waals surface area (Å²) in [6, 6.07) is 3.94. The molecule has 0 saturated carbocycles. The highest BCUT2D eigenvalue weighted by Crippen LogP contribution is 2.35. The number of piperazine rings is 1. The van der Waals surface area contributed by atoms with Gasteiger partial charge in [-0.25, -0.2) is 9.78 Å². The molecule has 1 saturated heterocycles. The van der Waals surface area contributed by atoms with Gasteiger partial charge in [-0.3, -0.25) is 9.78 Å². The average Bonchev–Trinajstić information content (AvgIpc) is 3.17. The van der Waals surface area contributed by atoms with E-state index in [9.17, 15) is 9.59 Å². The van der Waals surface area contributed by atoms with Crippen molar-refractivity contribution in [3.05, 3.63) is 35.1 Å². The molecule has 4 rings (SSSR count). The molecule has 0 spiro atoms. The van der Waals surface area contributed by atoms with Crippen LogP contribution in [0, 0.1) is 5.92 Å². The van der Waals surface area contributed by atoms with Gasteiger partial charge in [0.05, 0.1) is 12.3 Å². The van der Waals surface area contributed by atoms with Crippen LogP contribution in [0.5, 0.6) is 0 Å². The molecule has 2 aromatic rings. The van der Waals surface area contributed by atoms with Crippen LogP contribution in [0.4, 0.5) is 4.79 Å². The SMILES string of the molecule is CCOC(=O)N1CCN(C(=O)C2CCc3sc(-c4ccncc4)nc3C2)CC1. The number of nitrogens with zero attached hydrogens (tertiary/aromatic N) is 4. The maximum absolute atomic E-state index is 13.0. The quantitative estimate of drug-likeness (QED) is 0.792. The number of aromatic nitrogens is 2. The van der Waals surface area contributed by atoms with Crippen LogP contribution in [-0.4, -0.2) is 64.6 Å². The largest absolute Gasteiger partial charge is 0.450 e. The van der Waals surface area contributed by atoms with Crippen molar-refractivity contribution in [3.8, 4) is 10.6 Å². The fourth-order valence-electron chi connectivity index (χ4n) is 3.79. The number of pyridine rings is 1. The molecule has 3 heterocycles. The fourth-order valence-corrected chi connectivity index (χ4v) is 4.90. The molecular formula is C20H24N4O3S. The van der Waals surface area contributed by atoms with Crippen molar-refractivity contribution in [2.75, 3.05) is 32.8 Å². The van der Waals surface area contributed by atoms with Gasteiger partial charge in [0.15, 0.2) is 0 Å². The predicted molar refractivity (Wildman–Crippen MR) is 106 cm³/mol. The van der Waals surface area contributed by atoms with Crippen molar-refractivity contribution in [1.82, 2.24) is 19.8 Å². The summed E-state index contributed by atoms with van der Waals surface area (Å²) in [5.74, 6) is 0.168. The number of carbonyl (C=O) groups is 2. The second-order valence-corrected chi connectivity index (χ2v) is 8.16. The molecule has 0 aromatic carbocycles. The number of carbonyl (C=O) groups excluding carboxylic acids is 2. The second kappa shape index (κ2) is 8.26. The molecule has 2 aromatic heterocycles. The highest BCUT2D eigenvalue weighted by Gasteiger charge is 2.33. The summed E-state index contributed by atoms with van der Waals surface area (Å²) < 4.78 is 5.04. The van der Waals surface area contributed by atoms with E-state index in [-0.39, 0.29) is 17.9 Å². The van der Waals surface area contributed by atoms with Crippen LogP contribution in [0.2, 0.25) is 0 Å². The monoisotopic (exact) mass is 400 g/mol. The van der Waals surface area contributed by atoms with Crippen LogP contribution in [0.3, 0.4) is 0 Å². The Labute approximate surface area is 168 Å². The molecule has 0 bridgehead atoms. The van der Waals surface area contributed by atoms with Gasteiger partial charge in [0.25, 0.3) is 0 Å². The topological polar surface area (TPSA) is 75.6 Å². The highest BCUT2D eigenvalue weighted by atomic mass is 32.1. The Morgan fingerprint density at radius 2 is 1.89 bits per heavy atom. The smallest absolute Gasteiger partial charge is 0.409 e. The number of ether oxygens (including phenoxy) is 1. The Kier molecular flexibility index (Phi) is 5.57. The number of aryl methyl sites for hydroxylation is 1. The zero-order chi connectivity index (χ0) is 19.5. The molecular weight excluding hydrogens is 376 g/mol. The summed E-state index contributed by atoms with van der Waals surface area (Å²) in [4.78, 5) is 38.5. The van der Waals surface area contributed by atoms with Crippen LogP contribution in [0.1, 0.15) is 23.9 Å². The number of rotatable bonds is 3. The molecule has 28 heavy (non-hydrogen) atoms. The van der Waals surface area contributed by atoms with E-state index in [2.05, 4.69) is 4.98 Å². The Morgan fingerprint density at radius 1 is 1.18 bits per heavy atom. The van der Waals surface area contributed by atoms with E-state index in [1.165, 1.54) is 4.88 Å². The summed E-state index contributed by atoms with van der Waals surface area (Å²) in [5.41, 5.74) is 2.14. The minimum absolute atomic E-state index is 0.0194. The van der Waals surface area contributed by atoms with Crippen LogP contribution in [-0.2, 0) is 22.4 Å². The molecule has 7 nitrogen and oxygen atoms in total. The first-order valence-corrected chi connectivity index (χ1v) is 10.6. The summed E-state index contributed by atoms with van der Waals surface area (Å²) >= 11 is 1.72. The van der Waals surface area contributed by atoms with Crippen molar-refractivity contribution in [2.24, 2.45) is 5.92 Å². The molecule has 2 aliphatic rings. The lowest BCUT2D eigenvalue weighted by Gasteiger charge is -2.36. The summed E-state index contributed by atoms with van der Waals surface area (Å²) in [7, 11) is 0. The Bertz CT molecular complexity index is 846. The molecule has 1 fully saturated rings. The maximum Gasteiger partial charge on any atom is 0.409 e. The molecule has 0 N–H and O–H groups in total. The lowest BCUT2D eigenvalue weighted by Crippen LogP contribution is -2.52. The van der Waals surface area contributed by atoms with Gasteiger partial charge in [-0.1, -0.05) is 0 Å². The van der Waals surface area contributed by atoms with Crippen LogP contribution in [0.25, 0.3) is 10.6 Å². The normalized spacial score (nSPS) is 19.2. The zero-order valence-electron chi connectivity index (χ0n) is 16.0. The van der Waals surface area contributed by atoms with E-state index in [1.54, 1.807) is 35.6 Å². The Balaban J connectivity index is 1.37. The first-order valence-electron chi connectivity index (χ1n) is 9.75. The highest BCUT2D eigenvalue weighted by molar-refractivity contribution is 7.15. The van der Waals surface area contributed by atoms with Crippen molar-refractivity contribution in [3.63, 3.8) is 0 Å². The third kappa shape index (κ3) is 3.87. The fraction of sp³-hybridized carbons (Fsp3) is 0.500. The van der Waals surface area contributed by atoms with Crippen molar-refractivity contribution < 1.29 is 14.3 Å². The first-order chi connectivity index (χ1) is 13.7. The number of amides is 2. The van der Waals surface area contributed by atoms with Gasteiger partial charge in [0, 0.05) is 61.4 Å². The Morgan fingerprint density at radius 3 is 2.61 bits per heavy atom. The molecule has 8 heteroatoms. The van der Waals surface area contributed by atoms with Crippen molar-refractivity contribution in [2.45, 2.75) is 26.2 Å². The molecule has 148 valence electrons. The van der Waals surface area contributed by atoms with E-state index in [1.807, 2.05) is 17.0 Å². The summed E-state index contributed by atoms with van der Waals surface area (Å²) in [6.45, 7) is 4.38. The van der Waals surface area contributed by atoms with E-state index < -0.39 is 0 Å². The zero-order valence-corrected chi connectivity index (χ0v) is 16.8. The minimum Gasteiger partial charge on any atom is -0.450 e. The van der Waals surface area contributed by atoms with Crippen molar-refractivity contribution in [1.29, 1.82) is 0 Å². The van der Waals surface area contributed by atoms with Gasteiger partial charge in [-0.05, 0) is 31.9 Å². The van der Waals surface area contributed by atoms with Crippen LogP contribution in [0.15, 0.2) is 24.5 Å². The minimum atomic E-state index is -0.289. The lowest BCUT2D eigenvalue weighted by molar-refractivity contribution is -0.137. The Hall–Kier alpha value is -2.48. The van der Waals surface area contributed by atoms with Gasteiger partial charge in [-0.15, -0.1) is 11.3 Å². The van der Waals surface area contributed by atoms with Gasteiger partial charge in [-0.2, -0.15) is 0 Å². The van der Waals surface area contributed by atoms with E-state index in [4.69, 9.17) is 9.72 Å². The predicted octanol–water partition coefficient (Wildman–Crippen LogP) is 2.61. The van der Waals surface area contributed by atoms with Crippen LogP contribution < -0.4 is 0 Å². The van der Waals surface area contributed by atoms with Gasteiger partial charge in [0.1, 0.15) is 5.01 Å². The summed E-state index contributed by atoms with van der Waals surface area (Å²) in [6.07, 6.45) is 5.73. The third-order valence-electron chi connectivity index (χ3n) is 5.33. The standard InChI is InChI=1S/C20H24N4O3S/c1-2-27-20(26)24-11-9-23(10-12-24)19(25)15-3-4-17-16(13-15)22-18(28-17)14-5-7-21-8-6-14/h5-8,15H,2-4,9-13H2,1H3. The van der Waals surface area contributed by atoms with E-state index in [0.29, 0.717) is 39.2 Å². The molecule has 0 radical (unpaired) electrons. The molecule has 1 aliphatic carbocycles. The molecule has 2 amide bonds. The second-order valence-electron chi connectivity index (χ2n) is 7.08. The molecule has 1 unspecified atom stereocenters. The molecule has 1 aliphatic heterocycles. The first kappa shape index (κ1) is 18.9. The number of hydrogen-bond acceptors (Lipinski definition) is 6. The summed E-state index contributed by atoms with van der Waals surface area (Å²) in [5, 5.41) is 1.00. The van der Waals surface area contributed by atoms with Crippen LogP contribution >= 0.6 is 11.3 Å². The number of fused-ring (bicyclic) bond motifs is 1. The third-order valence-corrected chi connectivity index (χ3v) is 6.54. The maximum atomic E-state index is 13.0. The number of hydrogen-bond donors (Lipinski definition) is 0.